The van der Waals surface area contributed by atoms with E-state index in [4.69, 9.17) is 4.74 Å². The second kappa shape index (κ2) is 7.36. The molecule has 0 saturated heterocycles. The summed E-state index contributed by atoms with van der Waals surface area (Å²) in [5, 5.41) is 21.6. The molecule has 0 atom stereocenters. The molecule has 0 amide bonds. The highest BCUT2D eigenvalue weighted by Gasteiger charge is 2.10. The lowest BCUT2D eigenvalue weighted by atomic mass is 10.1. The van der Waals surface area contributed by atoms with Crippen LogP contribution >= 0.6 is 11.3 Å². The minimum atomic E-state index is -1.11. The Balaban J connectivity index is 2.01. The second-order valence-electron chi connectivity index (χ2n) is 5.46. The first kappa shape index (κ1) is 17.0. The molecule has 25 heavy (non-hydrogen) atoms. The molecule has 1 heterocycles. The number of methoxy groups -OCH3 is 1. The van der Waals surface area contributed by atoms with Gasteiger partial charge in [-0.05, 0) is 54.3 Å². The third-order valence-electron chi connectivity index (χ3n) is 3.71. The maximum absolute atomic E-state index is 10.9. The van der Waals surface area contributed by atoms with Crippen molar-refractivity contribution in [2.24, 2.45) is 0 Å². The van der Waals surface area contributed by atoms with Crippen molar-refractivity contribution in [1.29, 1.82) is 0 Å². The molecule has 0 saturated carbocycles. The van der Waals surface area contributed by atoms with E-state index in [1.54, 1.807) is 18.2 Å². The molecular formula is C19H16NO4S-. The molecule has 5 nitrogen and oxygen atoms in total. The minimum absolute atomic E-state index is 0.0276. The summed E-state index contributed by atoms with van der Waals surface area (Å²) >= 11 is 1.51. The van der Waals surface area contributed by atoms with Crippen molar-refractivity contribution in [2.45, 2.75) is 12.8 Å². The molecule has 128 valence electrons. The summed E-state index contributed by atoms with van der Waals surface area (Å²) in [4.78, 5) is 15.5. The van der Waals surface area contributed by atoms with Crippen molar-refractivity contribution in [2.75, 3.05) is 7.11 Å². The van der Waals surface area contributed by atoms with Gasteiger partial charge in [-0.2, -0.15) is 0 Å². The summed E-state index contributed by atoms with van der Waals surface area (Å²) in [5.41, 5.74) is 2.40. The van der Waals surface area contributed by atoms with Crippen LogP contribution < -0.4 is 9.84 Å². The molecule has 0 aliphatic rings. The maximum Gasteiger partial charge on any atom is 0.160 e. The van der Waals surface area contributed by atoms with E-state index in [0.717, 1.165) is 26.4 Å². The molecule has 3 rings (SSSR count). The van der Waals surface area contributed by atoms with Gasteiger partial charge in [-0.3, -0.25) is 0 Å². The first-order chi connectivity index (χ1) is 12.1. The normalized spacial score (nSPS) is 11.6. The fraction of sp³-hybridized carbons (Fsp3) is 0.158. The van der Waals surface area contributed by atoms with Gasteiger partial charge in [0.15, 0.2) is 11.5 Å². The summed E-state index contributed by atoms with van der Waals surface area (Å²) in [6.07, 6.45) is 2.04. The zero-order valence-electron chi connectivity index (χ0n) is 13.6. The quantitative estimate of drug-likeness (QED) is 0.735. The number of carboxylic acid groups (broad SMARTS) is 1. The van der Waals surface area contributed by atoms with Crippen LogP contribution in [0.3, 0.4) is 0 Å². The van der Waals surface area contributed by atoms with E-state index in [2.05, 4.69) is 4.98 Å². The summed E-state index contributed by atoms with van der Waals surface area (Å²) in [6, 6.07) is 12.8. The highest BCUT2D eigenvalue weighted by molar-refractivity contribution is 7.19. The van der Waals surface area contributed by atoms with Gasteiger partial charge in [-0.25, -0.2) is 4.98 Å². The predicted octanol–water partition coefficient (Wildman–Crippen LogP) is 3.08. The van der Waals surface area contributed by atoms with Crippen molar-refractivity contribution < 1.29 is 19.7 Å². The van der Waals surface area contributed by atoms with E-state index >= 15 is 0 Å². The number of fused-ring (bicyclic) bond motifs is 1. The van der Waals surface area contributed by atoms with Crippen LogP contribution in [-0.4, -0.2) is 23.2 Å². The van der Waals surface area contributed by atoms with Crippen LogP contribution in [0.5, 0.6) is 11.5 Å². The Hall–Kier alpha value is -2.86. The van der Waals surface area contributed by atoms with Crippen molar-refractivity contribution in [3.05, 3.63) is 53.0 Å². The first-order valence-corrected chi connectivity index (χ1v) is 8.52. The summed E-state index contributed by atoms with van der Waals surface area (Å²) in [5.74, 6) is -0.696. The number of allylic oxidation sites excluding steroid dienone is 1. The van der Waals surface area contributed by atoms with Crippen LogP contribution in [0.15, 0.2) is 42.5 Å². The molecule has 0 aliphatic heterocycles. The molecule has 0 aliphatic carbocycles. The van der Waals surface area contributed by atoms with Crippen LogP contribution in [0, 0.1) is 0 Å². The summed E-state index contributed by atoms with van der Waals surface area (Å²) in [7, 11) is 1.48. The number of thiazole rings is 1. The Morgan fingerprint density at radius 2 is 2.08 bits per heavy atom. The van der Waals surface area contributed by atoms with Crippen molar-refractivity contribution in [3.8, 4) is 11.5 Å². The number of phenols is 1. The SMILES string of the molecule is COc1ccc(/C=C(\CCC(=O)[O-])c2nc3ccccc3s2)cc1O. The number of aromatic nitrogens is 1. The number of nitrogens with zero attached hydrogens (tertiary/aromatic N) is 1. The van der Waals surface area contributed by atoms with Crippen LogP contribution in [0.1, 0.15) is 23.4 Å². The van der Waals surface area contributed by atoms with Gasteiger partial charge in [-0.15, -0.1) is 11.3 Å². The van der Waals surface area contributed by atoms with Crippen LogP contribution in [0.25, 0.3) is 21.9 Å². The smallest absolute Gasteiger partial charge is 0.160 e. The standard InChI is InChI=1S/C19H17NO4S/c1-24-16-8-6-12(11-15(16)21)10-13(7-9-18(22)23)19-20-14-4-2-3-5-17(14)25-19/h2-6,8,10-11,21H,7,9H2,1H3,(H,22,23)/p-1/b13-10+. The lowest BCUT2D eigenvalue weighted by Crippen LogP contribution is -2.21. The average molecular weight is 354 g/mol. The lowest BCUT2D eigenvalue weighted by molar-refractivity contribution is -0.305. The fourth-order valence-electron chi connectivity index (χ4n) is 2.49. The van der Waals surface area contributed by atoms with Crippen molar-refractivity contribution >= 4 is 39.2 Å². The Kier molecular flexibility index (Phi) is 5.00. The number of aliphatic carboxylic acids is 1. The third-order valence-corrected chi connectivity index (χ3v) is 4.82. The van der Waals surface area contributed by atoms with Gasteiger partial charge < -0.3 is 19.7 Å². The average Bonchev–Trinajstić information content (AvgIpc) is 3.02. The number of phenolic OH excluding ortho intramolecular Hbond substituents is 1. The van der Waals surface area contributed by atoms with Crippen LogP contribution in [-0.2, 0) is 4.79 Å². The second-order valence-corrected chi connectivity index (χ2v) is 6.49. The molecule has 6 heteroatoms. The predicted molar refractivity (Wildman–Crippen MR) is 96.4 cm³/mol. The van der Waals surface area contributed by atoms with Crippen LogP contribution in [0.4, 0.5) is 0 Å². The molecule has 3 aromatic rings. The maximum atomic E-state index is 10.9. The number of carbonyl (C=O) groups excluding carboxylic acids is 1. The van der Waals surface area contributed by atoms with Gasteiger partial charge in [0.25, 0.3) is 0 Å². The fourth-order valence-corrected chi connectivity index (χ4v) is 3.49. The number of para-hydroxylation sites is 1. The zero-order chi connectivity index (χ0) is 17.8. The van der Waals surface area contributed by atoms with E-state index < -0.39 is 5.97 Å². The summed E-state index contributed by atoms with van der Waals surface area (Å²) in [6.45, 7) is 0. The Morgan fingerprint density at radius 3 is 2.76 bits per heavy atom. The number of carbonyl (C=O) groups is 1. The van der Waals surface area contributed by atoms with E-state index in [9.17, 15) is 15.0 Å². The number of hydrogen-bond donors (Lipinski definition) is 1. The largest absolute Gasteiger partial charge is 0.550 e. The van der Waals surface area contributed by atoms with E-state index in [1.807, 2.05) is 30.3 Å². The molecule has 1 N–H and O–H groups in total. The monoisotopic (exact) mass is 354 g/mol. The third kappa shape index (κ3) is 3.97. The number of carboxylic acids is 1. The molecule has 1 aromatic heterocycles. The van der Waals surface area contributed by atoms with Gasteiger partial charge in [0, 0.05) is 5.97 Å². The lowest BCUT2D eigenvalue weighted by Gasteiger charge is -2.07. The number of hydrogen-bond acceptors (Lipinski definition) is 6. The molecular weight excluding hydrogens is 338 g/mol. The number of ether oxygens (including phenoxy) is 1. The molecule has 0 unspecified atom stereocenters. The topological polar surface area (TPSA) is 82.5 Å². The van der Waals surface area contributed by atoms with Gasteiger partial charge >= 0.3 is 0 Å². The number of aromatic hydroxyl groups is 1. The zero-order valence-corrected chi connectivity index (χ0v) is 14.4. The molecule has 0 radical (unpaired) electrons. The van der Waals surface area contributed by atoms with E-state index in [-0.39, 0.29) is 12.2 Å². The Bertz CT molecular complexity index is 913. The van der Waals surface area contributed by atoms with Crippen molar-refractivity contribution in [1.82, 2.24) is 4.98 Å². The molecule has 0 fully saturated rings. The number of benzene rings is 2. The number of rotatable bonds is 6. The van der Waals surface area contributed by atoms with Gasteiger partial charge in [0.1, 0.15) is 5.01 Å². The van der Waals surface area contributed by atoms with Gasteiger partial charge in [0.2, 0.25) is 0 Å². The molecule has 0 spiro atoms. The molecule has 2 aromatic carbocycles. The highest BCUT2D eigenvalue weighted by Crippen LogP contribution is 2.33. The Labute approximate surface area is 148 Å². The summed E-state index contributed by atoms with van der Waals surface area (Å²) < 4.78 is 6.08. The van der Waals surface area contributed by atoms with Gasteiger partial charge in [-0.1, -0.05) is 18.2 Å². The molecule has 0 bridgehead atoms. The minimum Gasteiger partial charge on any atom is -0.550 e. The van der Waals surface area contributed by atoms with Gasteiger partial charge in [0.05, 0.1) is 17.3 Å². The highest BCUT2D eigenvalue weighted by atomic mass is 32.1. The first-order valence-electron chi connectivity index (χ1n) is 7.70. The van der Waals surface area contributed by atoms with Crippen molar-refractivity contribution in [3.63, 3.8) is 0 Å². The van der Waals surface area contributed by atoms with Crippen LogP contribution in [0.2, 0.25) is 0 Å². The van der Waals surface area contributed by atoms with E-state index in [1.165, 1.54) is 18.4 Å². The van der Waals surface area contributed by atoms with E-state index in [0.29, 0.717) is 12.2 Å². The Morgan fingerprint density at radius 1 is 1.28 bits per heavy atom.